The Balaban J connectivity index is 2.00. The van der Waals surface area contributed by atoms with Gasteiger partial charge in [0.15, 0.2) is 6.61 Å². The van der Waals surface area contributed by atoms with Gasteiger partial charge in [0.2, 0.25) is 5.78 Å². The second-order valence-electron chi connectivity index (χ2n) is 4.01. The first-order valence-electron chi connectivity index (χ1n) is 6.28. The van der Waals surface area contributed by atoms with E-state index in [2.05, 4.69) is 4.98 Å². The van der Waals surface area contributed by atoms with E-state index in [1.807, 2.05) is 19.1 Å². The normalized spacial score (nSPS) is 10.2. The van der Waals surface area contributed by atoms with E-state index in [9.17, 15) is 9.59 Å². The summed E-state index contributed by atoms with van der Waals surface area (Å²) in [4.78, 5) is 27.4. The van der Waals surface area contributed by atoms with Gasteiger partial charge in [0.25, 0.3) is 0 Å². The lowest BCUT2D eigenvalue weighted by molar-refractivity contribution is 0.0470. The van der Waals surface area contributed by atoms with Crippen LogP contribution >= 0.6 is 11.8 Å². The summed E-state index contributed by atoms with van der Waals surface area (Å²) < 4.78 is 5.08. The Morgan fingerprint density at radius 1 is 1.20 bits per heavy atom. The van der Waals surface area contributed by atoms with E-state index >= 15 is 0 Å². The summed E-state index contributed by atoms with van der Waals surface area (Å²) in [6, 6.07) is 10.6. The van der Waals surface area contributed by atoms with Crippen molar-refractivity contribution in [3.05, 3.63) is 53.9 Å². The van der Waals surface area contributed by atoms with Crippen molar-refractivity contribution in [3.63, 3.8) is 0 Å². The minimum Gasteiger partial charge on any atom is -0.454 e. The van der Waals surface area contributed by atoms with Crippen LogP contribution in [0, 0.1) is 0 Å². The molecule has 0 saturated heterocycles. The van der Waals surface area contributed by atoms with E-state index in [1.54, 1.807) is 42.2 Å². The van der Waals surface area contributed by atoms with Gasteiger partial charge in [-0.15, -0.1) is 11.8 Å². The number of thioether (sulfide) groups is 1. The van der Waals surface area contributed by atoms with Crippen molar-refractivity contribution in [3.8, 4) is 0 Å². The molecule has 0 radical (unpaired) electrons. The molecular weight excluding hydrogens is 274 g/mol. The molecular formula is C15H15NO3S. The van der Waals surface area contributed by atoms with E-state index in [4.69, 9.17) is 4.74 Å². The number of carbonyl (C=O) groups excluding carboxylic acids is 2. The van der Waals surface area contributed by atoms with Crippen LogP contribution in [-0.2, 0) is 4.74 Å². The standard InChI is InChI=1S/C15H15NO3S/c1-2-20-14-8-4-3-6-11(14)15(18)19-10-13(17)12-7-5-9-16-12/h3-9,16H,2,10H2,1H3. The number of hydrogen-bond donors (Lipinski definition) is 1. The molecule has 0 aliphatic rings. The Morgan fingerprint density at radius 3 is 2.70 bits per heavy atom. The molecule has 1 N–H and O–H groups in total. The monoisotopic (exact) mass is 289 g/mol. The number of benzene rings is 1. The zero-order valence-electron chi connectivity index (χ0n) is 11.1. The largest absolute Gasteiger partial charge is 0.454 e. The molecule has 1 heterocycles. The van der Waals surface area contributed by atoms with Crippen molar-refractivity contribution < 1.29 is 14.3 Å². The number of aromatic nitrogens is 1. The molecule has 20 heavy (non-hydrogen) atoms. The van der Waals surface area contributed by atoms with E-state index < -0.39 is 5.97 Å². The molecule has 0 saturated carbocycles. The summed E-state index contributed by atoms with van der Waals surface area (Å²) in [7, 11) is 0. The van der Waals surface area contributed by atoms with E-state index in [-0.39, 0.29) is 12.4 Å². The van der Waals surface area contributed by atoms with Crippen LogP contribution in [0.3, 0.4) is 0 Å². The summed E-state index contributed by atoms with van der Waals surface area (Å²) >= 11 is 1.57. The minimum absolute atomic E-state index is 0.246. The Bertz CT molecular complexity index is 593. The van der Waals surface area contributed by atoms with Gasteiger partial charge in [-0.25, -0.2) is 4.79 Å². The van der Waals surface area contributed by atoms with Gasteiger partial charge in [-0.3, -0.25) is 4.79 Å². The van der Waals surface area contributed by atoms with Crippen LogP contribution in [0.15, 0.2) is 47.5 Å². The average molecular weight is 289 g/mol. The lowest BCUT2D eigenvalue weighted by atomic mass is 10.2. The van der Waals surface area contributed by atoms with Gasteiger partial charge in [-0.05, 0) is 30.0 Å². The Labute approximate surface area is 121 Å². The Morgan fingerprint density at radius 2 is 2.00 bits per heavy atom. The number of rotatable bonds is 6. The third-order valence-corrected chi connectivity index (χ3v) is 3.60. The molecule has 2 aromatic rings. The van der Waals surface area contributed by atoms with Crippen molar-refractivity contribution in [1.29, 1.82) is 0 Å². The van der Waals surface area contributed by atoms with E-state index in [0.717, 1.165) is 10.6 Å². The van der Waals surface area contributed by atoms with Gasteiger partial charge < -0.3 is 9.72 Å². The van der Waals surface area contributed by atoms with Crippen LogP contribution in [0.2, 0.25) is 0 Å². The fraction of sp³-hybridized carbons (Fsp3) is 0.200. The highest BCUT2D eigenvalue weighted by molar-refractivity contribution is 7.99. The second-order valence-corrected chi connectivity index (χ2v) is 5.32. The number of H-pyrrole nitrogens is 1. The topological polar surface area (TPSA) is 59.2 Å². The number of esters is 1. The number of aromatic amines is 1. The molecule has 0 aliphatic heterocycles. The Hall–Kier alpha value is -2.01. The van der Waals surface area contributed by atoms with Gasteiger partial charge in [-0.2, -0.15) is 0 Å². The average Bonchev–Trinajstić information content (AvgIpc) is 2.99. The first-order valence-corrected chi connectivity index (χ1v) is 7.26. The Kier molecular flexibility index (Phi) is 5.01. The maximum Gasteiger partial charge on any atom is 0.339 e. The molecule has 2 rings (SSSR count). The molecule has 5 heteroatoms. The highest BCUT2D eigenvalue weighted by Crippen LogP contribution is 2.22. The zero-order chi connectivity index (χ0) is 14.4. The summed E-state index contributed by atoms with van der Waals surface area (Å²) in [6.45, 7) is 1.76. The number of nitrogens with one attached hydrogen (secondary N) is 1. The molecule has 0 fully saturated rings. The van der Waals surface area contributed by atoms with Crippen molar-refractivity contribution in [2.45, 2.75) is 11.8 Å². The van der Waals surface area contributed by atoms with Crippen LogP contribution in [0.4, 0.5) is 0 Å². The van der Waals surface area contributed by atoms with Crippen LogP contribution in [0.25, 0.3) is 0 Å². The second kappa shape index (κ2) is 6.96. The highest BCUT2D eigenvalue weighted by atomic mass is 32.2. The fourth-order valence-electron chi connectivity index (χ4n) is 1.71. The zero-order valence-corrected chi connectivity index (χ0v) is 11.9. The van der Waals surface area contributed by atoms with Gasteiger partial charge in [-0.1, -0.05) is 19.1 Å². The van der Waals surface area contributed by atoms with Crippen molar-refractivity contribution in [2.75, 3.05) is 12.4 Å². The van der Waals surface area contributed by atoms with E-state index in [0.29, 0.717) is 11.3 Å². The number of ketones is 1. The van der Waals surface area contributed by atoms with Crippen molar-refractivity contribution >= 4 is 23.5 Å². The summed E-state index contributed by atoms with van der Waals surface area (Å²) in [5, 5.41) is 0. The molecule has 0 spiro atoms. The summed E-state index contributed by atoms with van der Waals surface area (Å²) in [5.74, 6) is 0.150. The predicted octanol–water partition coefficient (Wildman–Crippen LogP) is 3.17. The summed E-state index contributed by atoms with van der Waals surface area (Å²) in [6.07, 6.45) is 1.66. The smallest absolute Gasteiger partial charge is 0.339 e. The lowest BCUT2D eigenvalue weighted by Crippen LogP contribution is -2.15. The van der Waals surface area contributed by atoms with Gasteiger partial charge in [0, 0.05) is 11.1 Å². The first-order chi connectivity index (χ1) is 9.72. The van der Waals surface area contributed by atoms with Crippen LogP contribution < -0.4 is 0 Å². The predicted molar refractivity (Wildman–Crippen MR) is 78.2 cm³/mol. The molecule has 0 aliphatic carbocycles. The quantitative estimate of drug-likeness (QED) is 0.504. The van der Waals surface area contributed by atoms with Crippen LogP contribution in [0.5, 0.6) is 0 Å². The SMILES string of the molecule is CCSc1ccccc1C(=O)OCC(=O)c1ccc[nH]1. The third kappa shape index (κ3) is 3.51. The highest BCUT2D eigenvalue weighted by Gasteiger charge is 2.15. The molecule has 0 atom stereocenters. The molecule has 1 aromatic carbocycles. The van der Waals surface area contributed by atoms with Crippen molar-refractivity contribution in [1.82, 2.24) is 4.98 Å². The maximum atomic E-state index is 12.0. The van der Waals surface area contributed by atoms with Gasteiger partial charge >= 0.3 is 5.97 Å². The summed E-state index contributed by atoms with van der Waals surface area (Å²) in [5.41, 5.74) is 0.938. The molecule has 1 aromatic heterocycles. The molecule has 0 unspecified atom stereocenters. The number of Topliss-reactive ketones (excluding diaryl/α,β-unsaturated/α-hetero) is 1. The number of carbonyl (C=O) groups is 2. The third-order valence-electron chi connectivity index (χ3n) is 2.64. The molecule has 104 valence electrons. The lowest BCUT2D eigenvalue weighted by Gasteiger charge is -2.07. The van der Waals surface area contributed by atoms with Crippen LogP contribution in [-0.4, -0.2) is 29.1 Å². The minimum atomic E-state index is -0.471. The molecule has 0 amide bonds. The number of hydrogen-bond acceptors (Lipinski definition) is 4. The first kappa shape index (κ1) is 14.4. The fourth-order valence-corrected chi connectivity index (χ4v) is 2.50. The van der Waals surface area contributed by atoms with Crippen LogP contribution in [0.1, 0.15) is 27.8 Å². The van der Waals surface area contributed by atoms with Gasteiger partial charge in [0.1, 0.15) is 0 Å². The maximum absolute atomic E-state index is 12.0. The molecule has 4 nitrogen and oxygen atoms in total. The van der Waals surface area contributed by atoms with Crippen molar-refractivity contribution in [2.24, 2.45) is 0 Å². The van der Waals surface area contributed by atoms with E-state index in [1.165, 1.54) is 0 Å². The van der Waals surface area contributed by atoms with Gasteiger partial charge in [0.05, 0.1) is 11.3 Å². The number of ether oxygens (including phenoxy) is 1. The molecule has 0 bridgehead atoms.